The van der Waals surface area contributed by atoms with Crippen molar-refractivity contribution in [3.05, 3.63) is 64.7 Å². The number of carboxylic acid groups (broad SMARTS) is 1. The van der Waals surface area contributed by atoms with Crippen LogP contribution in [0.1, 0.15) is 29.9 Å². The number of hydrogen-bond acceptors (Lipinski definition) is 2. The van der Waals surface area contributed by atoms with Crippen molar-refractivity contribution in [2.75, 3.05) is 6.61 Å². The van der Waals surface area contributed by atoms with E-state index in [1.54, 1.807) is 6.07 Å². The Morgan fingerprint density at radius 1 is 1.23 bits per heavy atom. The minimum absolute atomic E-state index is 0.444. The third kappa shape index (κ3) is 4.50. The zero-order valence-corrected chi connectivity index (χ0v) is 13.2. The molecular formula is C18H19ClO3. The molecule has 0 spiro atoms. The highest BCUT2D eigenvalue weighted by Gasteiger charge is 2.19. The van der Waals surface area contributed by atoms with Crippen LogP contribution in [0.2, 0.25) is 5.02 Å². The number of carboxylic acids is 1. The summed E-state index contributed by atoms with van der Waals surface area (Å²) in [6.07, 6.45) is 1.18. The van der Waals surface area contributed by atoms with Gasteiger partial charge in [-0.25, -0.2) is 0 Å². The summed E-state index contributed by atoms with van der Waals surface area (Å²) in [5.41, 5.74) is 1.90. The van der Waals surface area contributed by atoms with E-state index >= 15 is 0 Å². The van der Waals surface area contributed by atoms with Crippen molar-refractivity contribution in [2.45, 2.75) is 25.7 Å². The van der Waals surface area contributed by atoms with Crippen molar-refractivity contribution >= 4 is 17.6 Å². The number of rotatable bonds is 7. The predicted octanol–water partition coefficient (Wildman–Crippen LogP) is 4.68. The molecule has 0 radical (unpaired) electrons. The molecule has 0 aliphatic heterocycles. The van der Waals surface area contributed by atoms with Gasteiger partial charge in [0, 0.05) is 0 Å². The van der Waals surface area contributed by atoms with Gasteiger partial charge in [0.2, 0.25) is 0 Å². The van der Waals surface area contributed by atoms with E-state index in [2.05, 4.69) is 0 Å². The van der Waals surface area contributed by atoms with Gasteiger partial charge in [0.25, 0.3) is 0 Å². The molecule has 1 N–H and O–H groups in total. The molecule has 0 aliphatic carbocycles. The summed E-state index contributed by atoms with van der Waals surface area (Å²) in [4.78, 5) is 11.4. The molecule has 1 unspecified atom stereocenters. The largest absolute Gasteiger partial charge is 0.492 e. The fourth-order valence-corrected chi connectivity index (χ4v) is 2.48. The molecule has 2 aromatic carbocycles. The van der Waals surface area contributed by atoms with E-state index in [4.69, 9.17) is 16.3 Å². The van der Waals surface area contributed by atoms with E-state index in [1.807, 2.05) is 49.4 Å². The Hall–Kier alpha value is -2.00. The van der Waals surface area contributed by atoms with Crippen molar-refractivity contribution < 1.29 is 14.6 Å². The fourth-order valence-electron chi connectivity index (χ4n) is 2.31. The van der Waals surface area contributed by atoms with Gasteiger partial charge in [0.15, 0.2) is 0 Å². The molecule has 116 valence electrons. The molecule has 0 saturated heterocycles. The van der Waals surface area contributed by atoms with Crippen molar-refractivity contribution in [1.82, 2.24) is 0 Å². The summed E-state index contributed by atoms with van der Waals surface area (Å²) in [5.74, 6) is -0.661. The van der Waals surface area contributed by atoms with E-state index < -0.39 is 11.9 Å². The first kappa shape index (κ1) is 16.4. The van der Waals surface area contributed by atoms with E-state index in [-0.39, 0.29) is 0 Å². The third-order valence-electron chi connectivity index (χ3n) is 3.48. The molecule has 0 saturated carbocycles. The maximum absolute atomic E-state index is 11.4. The summed E-state index contributed by atoms with van der Waals surface area (Å²) >= 11 is 6.06. The molecule has 2 aromatic rings. The van der Waals surface area contributed by atoms with Crippen LogP contribution in [-0.2, 0) is 4.79 Å². The van der Waals surface area contributed by atoms with Crippen LogP contribution >= 0.6 is 11.6 Å². The van der Waals surface area contributed by atoms with Gasteiger partial charge in [-0.05, 0) is 43.0 Å². The molecular weight excluding hydrogens is 300 g/mol. The average molecular weight is 319 g/mol. The van der Waals surface area contributed by atoms with Crippen LogP contribution in [0, 0.1) is 6.92 Å². The van der Waals surface area contributed by atoms with Gasteiger partial charge in [-0.15, -0.1) is 0 Å². The first-order valence-electron chi connectivity index (χ1n) is 7.24. The summed E-state index contributed by atoms with van der Waals surface area (Å²) in [6, 6.07) is 14.9. The standard InChI is InChI=1S/C18H19ClO3/c1-13-9-10-16(19)17(12-13)22-11-5-8-15(18(20)21)14-6-3-2-4-7-14/h2-4,6-7,9-10,12,15H,5,8,11H2,1H3,(H,20,21). The zero-order valence-electron chi connectivity index (χ0n) is 12.5. The van der Waals surface area contributed by atoms with Gasteiger partial charge >= 0.3 is 5.97 Å². The lowest BCUT2D eigenvalue weighted by Crippen LogP contribution is -2.13. The first-order chi connectivity index (χ1) is 10.6. The number of hydrogen-bond donors (Lipinski definition) is 1. The number of halogens is 1. The van der Waals surface area contributed by atoms with Gasteiger partial charge in [-0.2, -0.15) is 0 Å². The molecule has 0 aliphatic rings. The predicted molar refractivity (Wildman–Crippen MR) is 87.7 cm³/mol. The van der Waals surface area contributed by atoms with Crippen LogP contribution in [0.25, 0.3) is 0 Å². The highest BCUT2D eigenvalue weighted by atomic mass is 35.5. The van der Waals surface area contributed by atoms with Crippen molar-refractivity contribution in [3.8, 4) is 5.75 Å². The van der Waals surface area contributed by atoms with E-state index in [9.17, 15) is 9.90 Å². The Morgan fingerprint density at radius 2 is 1.95 bits per heavy atom. The third-order valence-corrected chi connectivity index (χ3v) is 3.79. The number of carbonyl (C=O) groups is 1. The highest BCUT2D eigenvalue weighted by Crippen LogP contribution is 2.26. The number of benzene rings is 2. The Morgan fingerprint density at radius 3 is 2.64 bits per heavy atom. The topological polar surface area (TPSA) is 46.5 Å². The van der Waals surface area contributed by atoms with Crippen LogP contribution in [0.4, 0.5) is 0 Å². The zero-order chi connectivity index (χ0) is 15.9. The van der Waals surface area contributed by atoms with Gasteiger partial charge in [0.05, 0.1) is 17.5 Å². The Kier molecular flexibility index (Phi) is 5.84. The van der Waals surface area contributed by atoms with Gasteiger partial charge in [-0.1, -0.05) is 48.0 Å². The lowest BCUT2D eigenvalue weighted by Gasteiger charge is -2.13. The Bertz CT molecular complexity index is 625. The second-order valence-electron chi connectivity index (χ2n) is 5.23. The van der Waals surface area contributed by atoms with E-state index in [0.717, 1.165) is 11.1 Å². The molecule has 22 heavy (non-hydrogen) atoms. The normalized spacial score (nSPS) is 11.9. The maximum atomic E-state index is 11.4. The van der Waals surface area contributed by atoms with Crippen LogP contribution < -0.4 is 4.74 Å². The molecule has 0 aromatic heterocycles. The van der Waals surface area contributed by atoms with Crippen molar-refractivity contribution in [2.24, 2.45) is 0 Å². The fraction of sp³-hybridized carbons (Fsp3) is 0.278. The summed E-state index contributed by atoms with van der Waals surface area (Å²) in [5, 5.41) is 9.93. The van der Waals surface area contributed by atoms with Crippen molar-refractivity contribution in [1.29, 1.82) is 0 Å². The van der Waals surface area contributed by atoms with Crippen LogP contribution in [-0.4, -0.2) is 17.7 Å². The molecule has 3 nitrogen and oxygen atoms in total. The Labute approximate surface area is 135 Å². The smallest absolute Gasteiger partial charge is 0.310 e. The number of ether oxygens (including phenoxy) is 1. The van der Waals surface area contributed by atoms with Gasteiger partial charge in [0.1, 0.15) is 5.75 Å². The summed E-state index contributed by atoms with van der Waals surface area (Å²) in [6.45, 7) is 2.42. The summed E-state index contributed by atoms with van der Waals surface area (Å²) < 4.78 is 5.66. The quantitative estimate of drug-likeness (QED) is 0.754. The van der Waals surface area contributed by atoms with Crippen LogP contribution in [0.15, 0.2) is 48.5 Å². The van der Waals surface area contributed by atoms with E-state index in [1.165, 1.54) is 0 Å². The molecule has 0 fully saturated rings. The molecule has 0 bridgehead atoms. The highest BCUT2D eigenvalue weighted by molar-refractivity contribution is 6.32. The Balaban J connectivity index is 1.89. The average Bonchev–Trinajstić information content (AvgIpc) is 2.51. The number of aryl methyl sites for hydroxylation is 1. The molecule has 2 rings (SSSR count). The lowest BCUT2D eigenvalue weighted by molar-refractivity contribution is -0.139. The van der Waals surface area contributed by atoms with Gasteiger partial charge < -0.3 is 9.84 Å². The second kappa shape index (κ2) is 7.85. The lowest BCUT2D eigenvalue weighted by atomic mass is 9.94. The minimum atomic E-state index is -0.806. The molecule has 4 heteroatoms. The molecule has 0 amide bonds. The monoisotopic (exact) mass is 318 g/mol. The number of aliphatic carboxylic acids is 1. The SMILES string of the molecule is Cc1ccc(Cl)c(OCCCC(C(=O)O)c2ccccc2)c1. The molecule has 1 atom stereocenters. The van der Waals surface area contributed by atoms with Gasteiger partial charge in [-0.3, -0.25) is 4.79 Å². The summed E-state index contributed by atoms with van der Waals surface area (Å²) in [7, 11) is 0. The van der Waals surface area contributed by atoms with E-state index in [0.29, 0.717) is 30.2 Å². The van der Waals surface area contributed by atoms with Crippen LogP contribution in [0.3, 0.4) is 0 Å². The van der Waals surface area contributed by atoms with Crippen LogP contribution in [0.5, 0.6) is 5.75 Å². The molecule has 0 heterocycles. The second-order valence-corrected chi connectivity index (χ2v) is 5.63. The maximum Gasteiger partial charge on any atom is 0.310 e. The first-order valence-corrected chi connectivity index (χ1v) is 7.62. The minimum Gasteiger partial charge on any atom is -0.492 e. The van der Waals surface area contributed by atoms with Crippen molar-refractivity contribution in [3.63, 3.8) is 0 Å².